The number of aromatic nitrogens is 4. The van der Waals surface area contributed by atoms with Crippen LogP contribution < -0.4 is 16.4 Å². The number of nitrogens with one attached hydrogen (secondary N) is 2. The number of hydrogen-bond donors (Lipinski definition) is 4. The van der Waals surface area contributed by atoms with Crippen LogP contribution in [0, 0.1) is 0 Å². The summed E-state index contributed by atoms with van der Waals surface area (Å²) in [4.78, 5) is 49.4. The number of carbonyl (C=O) groups is 3. The van der Waals surface area contributed by atoms with Gasteiger partial charge in [0.15, 0.2) is 11.5 Å². The molecule has 2 amide bonds. The standard InChI is InChI=1S/C35H29N7O4/c1-21(43)40-27-8-3-6-24(17-27)26-18-30-34(38-20-26)42(33(41-30)29-9-4-14-37-32(29)36)28-12-10-22(11-13-28)19-39-35(46)25-7-2-5-23(15-25)16-31(44)45/h2-15,17-18,20H,16,19H2,1H3,(H2,36,37)(H,39,46)(H,40,43)(H,44,45). The Labute approximate surface area is 263 Å². The SMILES string of the molecule is CC(=O)Nc1cccc(-c2cnc3c(c2)nc(-c2cccnc2N)n3-c2ccc(CNC(=O)c3cccc(CC(=O)O)c3)cc2)c1. The fraction of sp³-hybridized carbons (Fsp3) is 0.0857. The molecule has 0 unspecified atom stereocenters. The van der Waals surface area contributed by atoms with Gasteiger partial charge in [-0.05, 0) is 71.3 Å². The third-order valence-electron chi connectivity index (χ3n) is 7.29. The molecule has 0 saturated carbocycles. The summed E-state index contributed by atoms with van der Waals surface area (Å²) in [7, 11) is 0. The first-order chi connectivity index (χ1) is 22.2. The lowest BCUT2D eigenvalue weighted by atomic mass is 10.1. The molecule has 0 bridgehead atoms. The fourth-order valence-corrected chi connectivity index (χ4v) is 5.18. The van der Waals surface area contributed by atoms with Crippen LogP contribution in [0.3, 0.4) is 0 Å². The van der Waals surface area contributed by atoms with Crippen molar-refractivity contribution in [3.63, 3.8) is 0 Å². The Morgan fingerprint density at radius 3 is 2.43 bits per heavy atom. The molecule has 0 radical (unpaired) electrons. The number of aliphatic carboxylic acids is 1. The average Bonchev–Trinajstić information content (AvgIpc) is 3.42. The van der Waals surface area contributed by atoms with E-state index in [0.717, 1.165) is 22.4 Å². The molecule has 5 N–H and O–H groups in total. The van der Waals surface area contributed by atoms with E-state index < -0.39 is 5.97 Å². The number of nitrogen functional groups attached to an aromatic ring is 1. The third kappa shape index (κ3) is 6.43. The lowest BCUT2D eigenvalue weighted by Gasteiger charge is -2.12. The molecule has 0 fully saturated rings. The van der Waals surface area contributed by atoms with Crippen LogP contribution in [0.2, 0.25) is 0 Å². The van der Waals surface area contributed by atoms with Crippen LogP contribution >= 0.6 is 0 Å². The van der Waals surface area contributed by atoms with Crippen LogP contribution in [0.15, 0.2) is 103 Å². The summed E-state index contributed by atoms with van der Waals surface area (Å²) in [6, 6.07) is 27.3. The molecular weight excluding hydrogens is 582 g/mol. The summed E-state index contributed by atoms with van der Waals surface area (Å²) >= 11 is 0. The highest BCUT2D eigenvalue weighted by atomic mass is 16.4. The van der Waals surface area contributed by atoms with Crippen LogP contribution in [0.5, 0.6) is 0 Å². The second-order valence-electron chi connectivity index (χ2n) is 10.7. The second-order valence-corrected chi connectivity index (χ2v) is 10.7. The molecule has 0 aliphatic rings. The zero-order chi connectivity index (χ0) is 32.2. The summed E-state index contributed by atoms with van der Waals surface area (Å²) in [5, 5.41) is 14.8. The summed E-state index contributed by atoms with van der Waals surface area (Å²) in [6.07, 6.45) is 3.23. The monoisotopic (exact) mass is 611 g/mol. The van der Waals surface area contributed by atoms with Gasteiger partial charge in [-0.25, -0.2) is 15.0 Å². The molecule has 0 saturated heterocycles. The topological polar surface area (TPSA) is 165 Å². The predicted molar refractivity (Wildman–Crippen MR) is 175 cm³/mol. The van der Waals surface area contributed by atoms with Crippen molar-refractivity contribution in [3.8, 4) is 28.2 Å². The van der Waals surface area contributed by atoms with E-state index in [1.54, 1.807) is 42.7 Å². The molecule has 228 valence electrons. The van der Waals surface area contributed by atoms with Crippen LogP contribution in [0.4, 0.5) is 11.5 Å². The smallest absolute Gasteiger partial charge is 0.307 e. The number of carbonyl (C=O) groups excluding carboxylic acids is 2. The minimum Gasteiger partial charge on any atom is -0.481 e. The van der Waals surface area contributed by atoms with E-state index in [9.17, 15) is 14.4 Å². The van der Waals surface area contributed by atoms with Crippen molar-refractivity contribution < 1.29 is 19.5 Å². The van der Waals surface area contributed by atoms with Gasteiger partial charge in [-0.15, -0.1) is 0 Å². The number of rotatable bonds is 9. The number of nitrogens with zero attached hydrogens (tertiary/aromatic N) is 4. The van der Waals surface area contributed by atoms with Gasteiger partial charge < -0.3 is 21.5 Å². The molecule has 0 spiro atoms. The molecule has 46 heavy (non-hydrogen) atoms. The van der Waals surface area contributed by atoms with Crippen LogP contribution in [-0.2, 0) is 22.6 Å². The molecule has 0 atom stereocenters. The van der Waals surface area contributed by atoms with Gasteiger partial charge >= 0.3 is 5.97 Å². The quantitative estimate of drug-likeness (QED) is 0.172. The molecule has 0 aliphatic carbocycles. The fourth-order valence-electron chi connectivity index (χ4n) is 5.18. The zero-order valence-corrected chi connectivity index (χ0v) is 24.8. The summed E-state index contributed by atoms with van der Waals surface area (Å²) in [5.41, 5.74) is 13.2. The number of nitrogens with two attached hydrogens (primary N) is 1. The minimum absolute atomic E-state index is 0.153. The molecule has 3 aromatic carbocycles. The molecule has 6 rings (SSSR count). The average molecular weight is 612 g/mol. The molecule has 3 aromatic heterocycles. The molecule has 11 nitrogen and oxygen atoms in total. The maximum absolute atomic E-state index is 12.8. The lowest BCUT2D eigenvalue weighted by Crippen LogP contribution is -2.23. The van der Waals surface area contributed by atoms with Gasteiger partial charge in [-0.2, -0.15) is 0 Å². The summed E-state index contributed by atoms with van der Waals surface area (Å²) in [5.74, 6) is -0.511. The van der Waals surface area contributed by atoms with Crippen molar-refractivity contribution in [1.82, 2.24) is 24.8 Å². The Morgan fingerprint density at radius 2 is 1.67 bits per heavy atom. The number of carboxylic acids is 1. The summed E-state index contributed by atoms with van der Waals surface area (Å²) < 4.78 is 1.91. The van der Waals surface area contributed by atoms with E-state index in [4.69, 9.17) is 20.8 Å². The number of imidazole rings is 1. The third-order valence-corrected chi connectivity index (χ3v) is 7.29. The highest BCUT2D eigenvalue weighted by Gasteiger charge is 2.19. The lowest BCUT2D eigenvalue weighted by molar-refractivity contribution is -0.136. The Hall–Kier alpha value is -6.36. The first-order valence-electron chi connectivity index (χ1n) is 14.4. The van der Waals surface area contributed by atoms with Gasteiger partial charge in [-0.3, -0.25) is 19.0 Å². The van der Waals surface area contributed by atoms with Crippen LogP contribution in [0.25, 0.3) is 39.4 Å². The Bertz CT molecular complexity index is 2100. The Kier molecular flexibility index (Phi) is 8.20. The van der Waals surface area contributed by atoms with E-state index in [-0.39, 0.29) is 24.8 Å². The number of carboxylic acid groups (broad SMARTS) is 1. The highest BCUT2D eigenvalue weighted by Crippen LogP contribution is 2.32. The Morgan fingerprint density at radius 1 is 0.870 bits per heavy atom. The number of benzene rings is 3. The van der Waals surface area contributed by atoms with E-state index >= 15 is 0 Å². The molecule has 3 heterocycles. The number of amides is 2. The highest BCUT2D eigenvalue weighted by molar-refractivity contribution is 5.94. The molecular formula is C35H29N7O4. The van der Waals surface area contributed by atoms with Gasteiger partial charge in [0.1, 0.15) is 11.3 Å². The second kappa shape index (κ2) is 12.7. The van der Waals surface area contributed by atoms with Crippen LogP contribution in [-0.4, -0.2) is 42.4 Å². The van der Waals surface area contributed by atoms with Gasteiger partial charge in [-0.1, -0.05) is 36.4 Å². The van der Waals surface area contributed by atoms with Crippen molar-refractivity contribution >= 4 is 40.5 Å². The molecule has 0 aliphatic heterocycles. The zero-order valence-electron chi connectivity index (χ0n) is 24.8. The van der Waals surface area contributed by atoms with Gasteiger partial charge in [0, 0.05) is 48.4 Å². The van der Waals surface area contributed by atoms with Gasteiger partial charge in [0.2, 0.25) is 5.91 Å². The normalized spacial score (nSPS) is 10.9. The maximum Gasteiger partial charge on any atom is 0.307 e. The van der Waals surface area contributed by atoms with Crippen molar-refractivity contribution in [2.24, 2.45) is 0 Å². The maximum atomic E-state index is 12.8. The molecule has 6 aromatic rings. The first-order valence-corrected chi connectivity index (χ1v) is 14.4. The number of pyridine rings is 2. The molecule has 11 heteroatoms. The minimum atomic E-state index is -0.957. The van der Waals surface area contributed by atoms with Crippen molar-refractivity contribution in [2.45, 2.75) is 19.9 Å². The predicted octanol–water partition coefficient (Wildman–Crippen LogP) is 5.25. The van der Waals surface area contributed by atoms with Gasteiger partial charge in [0.05, 0.1) is 12.0 Å². The van der Waals surface area contributed by atoms with E-state index in [1.165, 1.54) is 6.92 Å². The van der Waals surface area contributed by atoms with Crippen molar-refractivity contribution in [1.29, 1.82) is 0 Å². The number of hydrogen-bond acceptors (Lipinski definition) is 7. The van der Waals surface area contributed by atoms with Crippen LogP contribution in [0.1, 0.15) is 28.4 Å². The number of anilines is 2. The number of fused-ring (bicyclic) bond motifs is 1. The summed E-state index contributed by atoms with van der Waals surface area (Å²) in [6.45, 7) is 1.74. The van der Waals surface area contributed by atoms with Crippen molar-refractivity contribution in [3.05, 3.63) is 120 Å². The van der Waals surface area contributed by atoms with E-state index in [0.29, 0.717) is 45.2 Å². The van der Waals surface area contributed by atoms with E-state index in [2.05, 4.69) is 15.6 Å². The van der Waals surface area contributed by atoms with E-state index in [1.807, 2.05) is 65.2 Å². The first kappa shape index (κ1) is 29.7. The largest absolute Gasteiger partial charge is 0.481 e. The Balaban J connectivity index is 1.31. The van der Waals surface area contributed by atoms with Crippen molar-refractivity contribution in [2.75, 3.05) is 11.1 Å². The van der Waals surface area contributed by atoms with Gasteiger partial charge in [0.25, 0.3) is 5.91 Å².